The lowest BCUT2D eigenvalue weighted by atomic mass is 10.2. The molecule has 0 fully saturated rings. The SMILES string of the molecule is COc1cccc(C(=O)Nc2nc(-c3ccccc3)ns2)c1. The van der Waals surface area contributed by atoms with Gasteiger partial charge in [-0.15, -0.1) is 0 Å². The molecule has 6 heteroatoms. The summed E-state index contributed by atoms with van der Waals surface area (Å²) in [5.41, 5.74) is 1.43. The van der Waals surface area contributed by atoms with Crippen LogP contribution in [0.25, 0.3) is 11.4 Å². The number of nitrogens with zero attached hydrogens (tertiary/aromatic N) is 2. The fourth-order valence-electron chi connectivity index (χ4n) is 1.91. The first kappa shape index (κ1) is 14.2. The van der Waals surface area contributed by atoms with E-state index in [1.807, 2.05) is 30.3 Å². The normalized spacial score (nSPS) is 10.2. The minimum absolute atomic E-state index is 0.241. The zero-order valence-corrected chi connectivity index (χ0v) is 12.6. The molecule has 0 saturated carbocycles. The molecule has 0 spiro atoms. The highest BCUT2D eigenvalue weighted by Crippen LogP contribution is 2.21. The lowest BCUT2D eigenvalue weighted by Crippen LogP contribution is -2.11. The van der Waals surface area contributed by atoms with Crippen molar-refractivity contribution in [3.63, 3.8) is 0 Å². The van der Waals surface area contributed by atoms with E-state index in [4.69, 9.17) is 4.74 Å². The van der Waals surface area contributed by atoms with Gasteiger partial charge in [-0.3, -0.25) is 10.1 Å². The number of benzene rings is 2. The van der Waals surface area contributed by atoms with Crippen molar-refractivity contribution in [3.05, 3.63) is 60.2 Å². The lowest BCUT2D eigenvalue weighted by molar-refractivity contribution is 0.102. The molecule has 0 radical (unpaired) electrons. The van der Waals surface area contributed by atoms with Crippen LogP contribution in [-0.4, -0.2) is 22.4 Å². The first-order valence-corrected chi connectivity index (χ1v) is 7.38. The van der Waals surface area contributed by atoms with Crippen molar-refractivity contribution in [1.29, 1.82) is 0 Å². The largest absolute Gasteiger partial charge is 0.497 e. The highest BCUT2D eigenvalue weighted by Gasteiger charge is 2.11. The Labute approximate surface area is 131 Å². The van der Waals surface area contributed by atoms with Crippen molar-refractivity contribution in [2.24, 2.45) is 0 Å². The van der Waals surface area contributed by atoms with E-state index in [9.17, 15) is 4.79 Å². The van der Waals surface area contributed by atoms with Crippen molar-refractivity contribution in [1.82, 2.24) is 9.36 Å². The van der Waals surface area contributed by atoms with Gasteiger partial charge < -0.3 is 4.74 Å². The number of ether oxygens (including phenoxy) is 1. The predicted octanol–water partition coefficient (Wildman–Crippen LogP) is 3.47. The van der Waals surface area contributed by atoms with Gasteiger partial charge in [-0.1, -0.05) is 36.4 Å². The second-order valence-electron chi connectivity index (χ2n) is 4.48. The Morgan fingerprint density at radius 2 is 1.95 bits per heavy atom. The molecule has 110 valence electrons. The topological polar surface area (TPSA) is 64.1 Å². The van der Waals surface area contributed by atoms with Gasteiger partial charge in [0.05, 0.1) is 7.11 Å². The van der Waals surface area contributed by atoms with E-state index < -0.39 is 0 Å². The average Bonchev–Trinajstić information content (AvgIpc) is 3.04. The summed E-state index contributed by atoms with van der Waals surface area (Å²) in [4.78, 5) is 16.5. The average molecular weight is 311 g/mol. The third kappa shape index (κ3) is 3.12. The molecule has 1 heterocycles. The second-order valence-corrected chi connectivity index (χ2v) is 5.23. The molecule has 1 N–H and O–H groups in total. The standard InChI is InChI=1S/C16H13N3O2S/c1-21-13-9-5-8-12(10-13)15(20)18-16-17-14(19-22-16)11-6-3-2-4-7-11/h2-10H,1H3,(H,17,18,19,20). The Balaban J connectivity index is 1.76. The van der Waals surface area contributed by atoms with Gasteiger partial charge in [0, 0.05) is 22.7 Å². The molecule has 0 aliphatic heterocycles. The minimum Gasteiger partial charge on any atom is -0.497 e. The van der Waals surface area contributed by atoms with Crippen LogP contribution in [0.4, 0.5) is 5.13 Å². The number of amides is 1. The number of hydrogen-bond acceptors (Lipinski definition) is 5. The van der Waals surface area contributed by atoms with Crippen LogP contribution in [0.3, 0.4) is 0 Å². The molecule has 0 unspecified atom stereocenters. The van der Waals surface area contributed by atoms with Gasteiger partial charge in [-0.2, -0.15) is 9.36 Å². The number of rotatable bonds is 4. The summed E-state index contributed by atoms with van der Waals surface area (Å²) in [6, 6.07) is 16.6. The number of hydrogen-bond donors (Lipinski definition) is 1. The van der Waals surface area contributed by atoms with Crippen molar-refractivity contribution < 1.29 is 9.53 Å². The van der Waals surface area contributed by atoms with Crippen LogP contribution >= 0.6 is 11.5 Å². The Bertz CT molecular complexity index is 787. The molecule has 22 heavy (non-hydrogen) atoms. The Morgan fingerprint density at radius 1 is 1.14 bits per heavy atom. The molecule has 1 amide bonds. The third-order valence-electron chi connectivity index (χ3n) is 3.01. The fourth-order valence-corrected chi connectivity index (χ4v) is 2.50. The van der Waals surface area contributed by atoms with Crippen molar-refractivity contribution in [3.8, 4) is 17.1 Å². The van der Waals surface area contributed by atoms with E-state index in [1.54, 1.807) is 31.4 Å². The Hall–Kier alpha value is -2.73. The summed E-state index contributed by atoms with van der Waals surface area (Å²) in [5, 5.41) is 3.21. The van der Waals surface area contributed by atoms with Gasteiger partial charge >= 0.3 is 0 Å². The summed E-state index contributed by atoms with van der Waals surface area (Å²) < 4.78 is 9.37. The van der Waals surface area contributed by atoms with Crippen molar-refractivity contribution >= 4 is 22.6 Å². The number of aromatic nitrogens is 2. The van der Waals surface area contributed by atoms with Crippen molar-refractivity contribution in [2.45, 2.75) is 0 Å². The first-order chi connectivity index (χ1) is 10.8. The molecule has 0 bridgehead atoms. The smallest absolute Gasteiger partial charge is 0.257 e. The number of anilines is 1. The highest BCUT2D eigenvalue weighted by molar-refractivity contribution is 7.10. The summed E-state index contributed by atoms with van der Waals surface area (Å²) in [7, 11) is 1.56. The monoisotopic (exact) mass is 311 g/mol. The fraction of sp³-hybridized carbons (Fsp3) is 0.0625. The van der Waals surface area contributed by atoms with Gasteiger partial charge in [0.15, 0.2) is 5.82 Å². The van der Waals surface area contributed by atoms with Crippen molar-refractivity contribution in [2.75, 3.05) is 12.4 Å². The van der Waals surface area contributed by atoms with Gasteiger partial charge in [0.2, 0.25) is 5.13 Å². The van der Waals surface area contributed by atoms with Crippen LogP contribution in [0.1, 0.15) is 10.4 Å². The summed E-state index contributed by atoms with van der Waals surface area (Å²) in [6.45, 7) is 0. The van der Waals surface area contributed by atoms with Gasteiger partial charge in [0.1, 0.15) is 5.75 Å². The number of carbonyl (C=O) groups is 1. The highest BCUT2D eigenvalue weighted by atomic mass is 32.1. The molecule has 2 aromatic carbocycles. The lowest BCUT2D eigenvalue weighted by Gasteiger charge is -2.03. The number of nitrogens with one attached hydrogen (secondary N) is 1. The maximum absolute atomic E-state index is 12.2. The summed E-state index contributed by atoms with van der Waals surface area (Å²) >= 11 is 1.15. The van der Waals surface area contributed by atoms with Gasteiger partial charge in [-0.05, 0) is 18.2 Å². The maximum Gasteiger partial charge on any atom is 0.257 e. The maximum atomic E-state index is 12.2. The van der Waals surface area contributed by atoms with Crippen LogP contribution in [0.15, 0.2) is 54.6 Å². The molecule has 0 aliphatic rings. The van der Waals surface area contributed by atoms with Crippen LogP contribution in [-0.2, 0) is 0 Å². The second kappa shape index (κ2) is 6.36. The van der Waals surface area contributed by atoms with Crippen LogP contribution in [0, 0.1) is 0 Å². The Kier molecular flexibility index (Phi) is 4.11. The molecule has 0 saturated heterocycles. The van der Waals surface area contributed by atoms with Gasteiger partial charge in [0.25, 0.3) is 5.91 Å². The van der Waals surface area contributed by atoms with E-state index in [-0.39, 0.29) is 5.91 Å². The minimum atomic E-state index is -0.241. The van der Waals surface area contributed by atoms with E-state index >= 15 is 0 Å². The van der Waals surface area contributed by atoms with Crippen LogP contribution < -0.4 is 10.1 Å². The van der Waals surface area contributed by atoms with E-state index in [0.29, 0.717) is 22.3 Å². The Morgan fingerprint density at radius 3 is 2.73 bits per heavy atom. The van der Waals surface area contributed by atoms with E-state index in [2.05, 4.69) is 14.7 Å². The molecule has 5 nitrogen and oxygen atoms in total. The van der Waals surface area contributed by atoms with Crippen LogP contribution in [0.2, 0.25) is 0 Å². The number of methoxy groups -OCH3 is 1. The molecular weight excluding hydrogens is 298 g/mol. The van der Waals surface area contributed by atoms with E-state index in [0.717, 1.165) is 17.1 Å². The molecule has 3 aromatic rings. The molecule has 1 aromatic heterocycles. The zero-order chi connectivity index (χ0) is 15.4. The zero-order valence-electron chi connectivity index (χ0n) is 11.8. The molecule has 3 rings (SSSR count). The summed E-state index contributed by atoms with van der Waals surface area (Å²) in [5.74, 6) is 0.996. The number of carbonyl (C=O) groups excluding carboxylic acids is 1. The molecule has 0 aliphatic carbocycles. The van der Waals surface area contributed by atoms with Crippen LogP contribution in [0.5, 0.6) is 5.75 Å². The van der Waals surface area contributed by atoms with Gasteiger partial charge in [-0.25, -0.2) is 0 Å². The third-order valence-corrected chi connectivity index (χ3v) is 3.64. The summed E-state index contributed by atoms with van der Waals surface area (Å²) in [6.07, 6.45) is 0. The first-order valence-electron chi connectivity index (χ1n) is 6.61. The van der Waals surface area contributed by atoms with E-state index in [1.165, 1.54) is 0 Å². The molecular formula is C16H13N3O2S. The quantitative estimate of drug-likeness (QED) is 0.801. The molecule has 0 atom stereocenters. The predicted molar refractivity (Wildman–Crippen MR) is 86.3 cm³/mol.